The molecular weight excluding hydrogens is 383 g/mol. The van der Waals surface area contributed by atoms with Crippen molar-refractivity contribution in [3.8, 4) is 11.1 Å². The van der Waals surface area contributed by atoms with Crippen LogP contribution >= 0.6 is 19.4 Å². The van der Waals surface area contributed by atoms with E-state index in [4.69, 9.17) is 9.79 Å². The number of thioether (sulfide) groups is 1. The van der Waals surface area contributed by atoms with Crippen molar-refractivity contribution in [2.75, 3.05) is 23.5 Å². The molecule has 142 valence electrons. The van der Waals surface area contributed by atoms with Gasteiger partial charge in [-0.25, -0.2) is 0 Å². The highest BCUT2D eigenvalue weighted by atomic mass is 32.2. The van der Waals surface area contributed by atoms with Crippen LogP contribution < -0.4 is 4.90 Å². The lowest BCUT2D eigenvalue weighted by molar-refractivity contribution is 0.198. The largest absolute Gasteiger partial charge is 0.391 e. The van der Waals surface area contributed by atoms with Crippen LogP contribution in [0.4, 0.5) is 5.69 Å². The fraction of sp³-hybridized carbons (Fsp3) is 0.263. The summed E-state index contributed by atoms with van der Waals surface area (Å²) in [5, 5.41) is 10.7. The van der Waals surface area contributed by atoms with Crippen molar-refractivity contribution >= 4 is 35.9 Å². The quantitative estimate of drug-likeness (QED) is 0.383. The number of hydrogen-bond acceptors (Lipinski definition) is 4. The first-order valence-corrected chi connectivity index (χ1v) is 11.5. The van der Waals surface area contributed by atoms with E-state index >= 15 is 0 Å². The third-order valence-corrected chi connectivity index (χ3v) is 7.27. The van der Waals surface area contributed by atoms with Gasteiger partial charge in [0.1, 0.15) is 5.49 Å². The molecule has 0 bridgehead atoms. The van der Waals surface area contributed by atoms with E-state index in [1.807, 2.05) is 18.2 Å². The zero-order chi connectivity index (χ0) is 19.0. The molecule has 6 nitrogen and oxygen atoms in total. The minimum absolute atomic E-state index is 0.236. The molecule has 0 radical (unpaired) electrons. The van der Waals surface area contributed by atoms with Crippen LogP contribution in [0, 0.1) is 0 Å². The van der Waals surface area contributed by atoms with Gasteiger partial charge in [-0.05, 0) is 41.8 Å². The first-order chi connectivity index (χ1) is 12.9. The summed E-state index contributed by atoms with van der Waals surface area (Å²) in [7, 11) is -4.05. The third-order valence-electron chi connectivity index (χ3n) is 4.76. The molecule has 2 aromatic carbocycles. The highest BCUT2D eigenvalue weighted by Gasteiger charge is 2.20. The maximum absolute atomic E-state index is 11.2. The van der Waals surface area contributed by atoms with Crippen molar-refractivity contribution in [2.24, 2.45) is 0 Å². The Labute approximate surface area is 161 Å². The number of H-pyrrole nitrogens is 1. The van der Waals surface area contributed by atoms with Gasteiger partial charge in [-0.15, -0.1) is 11.8 Å². The normalized spacial score (nSPS) is 17.7. The van der Waals surface area contributed by atoms with Gasteiger partial charge in [0.15, 0.2) is 0 Å². The number of hydrogen-bond donors (Lipinski definition) is 4. The van der Waals surface area contributed by atoms with Gasteiger partial charge in [0.25, 0.3) is 0 Å². The van der Waals surface area contributed by atoms with Gasteiger partial charge >= 0.3 is 7.60 Å². The maximum atomic E-state index is 11.2. The summed E-state index contributed by atoms with van der Waals surface area (Å²) in [6.45, 7) is 1.55. The van der Waals surface area contributed by atoms with Crippen LogP contribution in [0.5, 0.6) is 0 Å². The molecule has 4 rings (SSSR count). The highest BCUT2D eigenvalue weighted by Crippen LogP contribution is 2.43. The summed E-state index contributed by atoms with van der Waals surface area (Å²) in [5.41, 5.74) is 3.94. The summed E-state index contributed by atoms with van der Waals surface area (Å²) in [5.74, 6) is 0. The molecule has 0 amide bonds. The number of aliphatic hydroxyl groups is 1. The number of β-amino-alcohol motifs (C(OH)–C–C–N with tert-alkyl or cyclic N) is 1. The minimum atomic E-state index is -4.05. The van der Waals surface area contributed by atoms with Crippen molar-refractivity contribution in [3.05, 3.63) is 48.7 Å². The molecule has 3 aromatic rings. The molecule has 2 heterocycles. The second-order valence-electron chi connectivity index (χ2n) is 6.79. The lowest BCUT2D eigenvalue weighted by Gasteiger charge is -2.18. The Balaban J connectivity index is 1.59. The van der Waals surface area contributed by atoms with Gasteiger partial charge in [0, 0.05) is 40.8 Å². The second-order valence-corrected chi connectivity index (χ2v) is 9.88. The zero-order valence-corrected chi connectivity index (χ0v) is 16.3. The number of nitrogens with one attached hydrogen (secondary N) is 1. The van der Waals surface area contributed by atoms with Crippen LogP contribution in [0.3, 0.4) is 0 Å². The standard InChI is InChI=1S/C19H21N2O4PS/c22-16-7-8-21(11-16)15-4-1-13(2-5-15)14-3-6-18-17(9-14)19(10-20-18)27-12-26(23,24)25/h1-6,9-10,16,20,22H,7-8,11-12H2,(H2,23,24,25)/t16-/m0/s1. The predicted molar refractivity (Wildman–Crippen MR) is 109 cm³/mol. The van der Waals surface area contributed by atoms with Gasteiger partial charge in [-0.2, -0.15) is 0 Å². The smallest absolute Gasteiger partial charge is 0.335 e. The van der Waals surface area contributed by atoms with Crippen molar-refractivity contribution in [1.82, 2.24) is 4.98 Å². The minimum Gasteiger partial charge on any atom is -0.391 e. The Morgan fingerprint density at radius 2 is 1.89 bits per heavy atom. The molecule has 1 aromatic heterocycles. The molecule has 4 N–H and O–H groups in total. The lowest BCUT2D eigenvalue weighted by Crippen LogP contribution is -2.20. The van der Waals surface area contributed by atoms with E-state index in [2.05, 4.69) is 34.1 Å². The number of nitrogens with zero attached hydrogens (tertiary/aromatic N) is 1. The van der Waals surface area contributed by atoms with Gasteiger partial charge in [0.05, 0.1) is 6.10 Å². The number of fused-ring (bicyclic) bond motifs is 1. The average Bonchev–Trinajstić information content (AvgIpc) is 3.25. The number of rotatable bonds is 5. The third kappa shape index (κ3) is 4.23. The highest BCUT2D eigenvalue weighted by molar-refractivity contribution is 8.04. The van der Waals surface area contributed by atoms with E-state index < -0.39 is 7.60 Å². The van der Waals surface area contributed by atoms with E-state index in [0.29, 0.717) is 6.54 Å². The van der Waals surface area contributed by atoms with Crippen LogP contribution in [0.25, 0.3) is 22.0 Å². The van der Waals surface area contributed by atoms with Crippen molar-refractivity contribution < 1.29 is 19.5 Å². The molecule has 1 aliphatic heterocycles. The van der Waals surface area contributed by atoms with Crippen LogP contribution in [0.15, 0.2) is 53.6 Å². The molecule has 1 aliphatic rings. The molecule has 0 unspecified atom stereocenters. The fourth-order valence-corrected chi connectivity index (χ4v) is 5.08. The maximum Gasteiger partial charge on any atom is 0.335 e. The SMILES string of the molecule is O=P(O)(O)CSc1c[nH]c2ccc(-c3ccc(N4CC[C@H](O)C4)cc3)cc12. The summed E-state index contributed by atoms with van der Waals surface area (Å²) in [4.78, 5) is 24.4. The van der Waals surface area contributed by atoms with Gasteiger partial charge < -0.3 is 24.8 Å². The molecule has 8 heteroatoms. The number of aromatic amines is 1. The van der Waals surface area contributed by atoms with E-state index in [1.165, 1.54) is 0 Å². The van der Waals surface area contributed by atoms with Crippen molar-refractivity contribution in [3.63, 3.8) is 0 Å². The fourth-order valence-electron chi connectivity index (χ4n) is 3.39. The summed E-state index contributed by atoms with van der Waals surface area (Å²) in [6, 6.07) is 14.3. The van der Waals surface area contributed by atoms with E-state index in [1.54, 1.807) is 6.20 Å². The lowest BCUT2D eigenvalue weighted by atomic mass is 10.0. The van der Waals surface area contributed by atoms with Gasteiger partial charge in [0.2, 0.25) is 0 Å². The Morgan fingerprint density at radius 1 is 1.15 bits per heavy atom. The van der Waals surface area contributed by atoms with Gasteiger partial charge in [-0.1, -0.05) is 18.2 Å². The van der Waals surface area contributed by atoms with Crippen LogP contribution in [-0.2, 0) is 4.57 Å². The first kappa shape index (κ1) is 18.6. The van der Waals surface area contributed by atoms with Crippen LogP contribution in [0.2, 0.25) is 0 Å². The molecule has 0 spiro atoms. The molecule has 1 atom stereocenters. The number of aromatic nitrogens is 1. The van der Waals surface area contributed by atoms with E-state index in [0.717, 1.165) is 57.3 Å². The Morgan fingerprint density at radius 3 is 2.56 bits per heavy atom. The van der Waals surface area contributed by atoms with E-state index in [9.17, 15) is 9.67 Å². The monoisotopic (exact) mass is 404 g/mol. The van der Waals surface area contributed by atoms with Gasteiger partial charge in [-0.3, -0.25) is 4.57 Å². The second kappa shape index (κ2) is 7.34. The first-order valence-electron chi connectivity index (χ1n) is 8.71. The molecule has 27 heavy (non-hydrogen) atoms. The molecule has 1 saturated heterocycles. The Bertz CT molecular complexity index is 999. The van der Waals surface area contributed by atoms with Crippen molar-refractivity contribution in [2.45, 2.75) is 17.4 Å². The average molecular weight is 404 g/mol. The number of benzene rings is 2. The van der Waals surface area contributed by atoms with Crippen LogP contribution in [0.1, 0.15) is 6.42 Å². The molecule has 0 saturated carbocycles. The topological polar surface area (TPSA) is 96.8 Å². The summed E-state index contributed by atoms with van der Waals surface area (Å²) in [6.07, 6.45) is 2.35. The molecular formula is C19H21N2O4PS. The number of aliphatic hydroxyl groups excluding tert-OH is 1. The Kier molecular flexibility index (Phi) is 5.05. The Hall–Kier alpha value is -1.76. The van der Waals surface area contributed by atoms with Crippen LogP contribution in [-0.4, -0.2) is 44.6 Å². The molecule has 0 aliphatic carbocycles. The molecule has 1 fully saturated rings. The number of anilines is 1. The predicted octanol–water partition coefficient (Wildman–Crippen LogP) is 3.63. The van der Waals surface area contributed by atoms with Crippen molar-refractivity contribution in [1.29, 1.82) is 0 Å². The summed E-state index contributed by atoms with van der Waals surface area (Å²) < 4.78 is 11.2. The zero-order valence-electron chi connectivity index (χ0n) is 14.6. The van der Waals surface area contributed by atoms with E-state index in [-0.39, 0.29) is 11.6 Å². The summed E-state index contributed by atoms with van der Waals surface area (Å²) >= 11 is 1.16.